The summed E-state index contributed by atoms with van der Waals surface area (Å²) < 4.78 is 0. The first-order valence-electron chi connectivity index (χ1n) is 5.89. The van der Waals surface area contributed by atoms with Gasteiger partial charge in [-0.1, -0.05) is 0 Å². The van der Waals surface area contributed by atoms with Crippen molar-refractivity contribution in [1.29, 1.82) is 0 Å². The highest BCUT2D eigenvalue weighted by Crippen LogP contribution is 2.28. The summed E-state index contributed by atoms with van der Waals surface area (Å²) in [5.74, 6) is -0.183. The van der Waals surface area contributed by atoms with E-state index in [1.54, 1.807) is 0 Å². The average molecular weight is 211 g/mol. The predicted octanol–water partition coefficient (Wildman–Crippen LogP) is 0.0303. The summed E-state index contributed by atoms with van der Waals surface area (Å²) in [6, 6.07) is 1.47. The highest BCUT2D eigenvalue weighted by Gasteiger charge is 2.34. The van der Waals surface area contributed by atoms with Crippen molar-refractivity contribution in [2.24, 2.45) is 5.73 Å². The number of nitrogens with zero attached hydrogens (tertiary/aromatic N) is 2. The second-order valence-electron chi connectivity index (χ2n) is 4.86. The van der Waals surface area contributed by atoms with Crippen molar-refractivity contribution in [2.75, 3.05) is 26.7 Å². The number of likely N-dealkylation sites (N-methyl/N-ethyl adjacent to an activating group) is 1. The van der Waals surface area contributed by atoms with Gasteiger partial charge in [0.15, 0.2) is 0 Å². The fraction of sp³-hybridized carbons (Fsp3) is 0.909. The predicted molar refractivity (Wildman–Crippen MR) is 59.4 cm³/mol. The molecule has 0 aromatic carbocycles. The molecule has 0 radical (unpaired) electrons. The van der Waals surface area contributed by atoms with Crippen LogP contribution in [-0.4, -0.2) is 54.5 Å². The first kappa shape index (κ1) is 10.9. The highest BCUT2D eigenvalue weighted by molar-refractivity contribution is 5.73. The van der Waals surface area contributed by atoms with Crippen molar-refractivity contribution in [3.63, 3.8) is 0 Å². The SMILES string of the molecule is CN1C2CCC1CN(CCC(N)=O)CC2. The van der Waals surface area contributed by atoms with Crippen LogP contribution in [0.1, 0.15) is 25.7 Å². The molecule has 2 bridgehead atoms. The van der Waals surface area contributed by atoms with E-state index >= 15 is 0 Å². The maximum Gasteiger partial charge on any atom is 0.218 e. The zero-order chi connectivity index (χ0) is 10.8. The molecular weight excluding hydrogens is 190 g/mol. The lowest BCUT2D eigenvalue weighted by Gasteiger charge is -2.25. The van der Waals surface area contributed by atoms with Gasteiger partial charge in [-0.2, -0.15) is 0 Å². The molecule has 2 aliphatic heterocycles. The standard InChI is InChI=1S/C11H21N3O/c1-13-9-2-3-10(13)8-14(6-4-9)7-5-11(12)15/h9-10H,2-8H2,1H3,(H2,12,15). The molecule has 86 valence electrons. The molecule has 4 nitrogen and oxygen atoms in total. The van der Waals surface area contributed by atoms with Crippen molar-refractivity contribution in [2.45, 2.75) is 37.8 Å². The minimum Gasteiger partial charge on any atom is -0.370 e. The van der Waals surface area contributed by atoms with Gasteiger partial charge in [-0.3, -0.25) is 9.69 Å². The molecule has 0 aliphatic carbocycles. The lowest BCUT2D eigenvalue weighted by Crippen LogP contribution is -2.37. The monoisotopic (exact) mass is 211 g/mol. The van der Waals surface area contributed by atoms with Gasteiger partial charge in [0.05, 0.1) is 0 Å². The van der Waals surface area contributed by atoms with E-state index in [0.717, 1.165) is 25.7 Å². The molecule has 2 heterocycles. The van der Waals surface area contributed by atoms with Crippen LogP contribution in [0.15, 0.2) is 0 Å². The van der Waals surface area contributed by atoms with Gasteiger partial charge >= 0.3 is 0 Å². The normalized spacial score (nSPS) is 32.9. The van der Waals surface area contributed by atoms with Crippen LogP contribution >= 0.6 is 0 Å². The summed E-state index contributed by atoms with van der Waals surface area (Å²) in [7, 11) is 2.24. The minimum absolute atomic E-state index is 0.183. The Kier molecular flexibility index (Phi) is 3.26. The van der Waals surface area contributed by atoms with Crippen LogP contribution in [0.25, 0.3) is 0 Å². The third kappa shape index (κ3) is 2.49. The van der Waals surface area contributed by atoms with E-state index in [-0.39, 0.29) is 5.91 Å². The minimum atomic E-state index is -0.183. The van der Waals surface area contributed by atoms with Crippen LogP contribution < -0.4 is 5.73 Å². The van der Waals surface area contributed by atoms with E-state index in [1.807, 2.05) is 0 Å². The number of hydrogen-bond donors (Lipinski definition) is 1. The number of fused-ring (bicyclic) bond motifs is 2. The molecule has 2 aliphatic rings. The van der Waals surface area contributed by atoms with Gasteiger partial charge in [-0.15, -0.1) is 0 Å². The number of rotatable bonds is 3. The zero-order valence-corrected chi connectivity index (χ0v) is 9.48. The maximum absolute atomic E-state index is 10.7. The second kappa shape index (κ2) is 4.49. The Morgan fingerprint density at radius 2 is 2.07 bits per heavy atom. The van der Waals surface area contributed by atoms with E-state index in [9.17, 15) is 4.79 Å². The fourth-order valence-corrected chi connectivity index (χ4v) is 2.85. The molecule has 4 heteroatoms. The van der Waals surface area contributed by atoms with Crippen LogP contribution in [0.4, 0.5) is 0 Å². The van der Waals surface area contributed by atoms with Crippen molar-refractivity contribution < 1.29 is 4.79 Å². The molecule has 2 fully saturated rings. The van der Waals surface area contributed by atoms with Gasteiger partial charge in [0, 0.05) is 31.6 Å². The largest absolute Gasteiger partial charge is 0.370 e. The van der Waals surface area contributed by atoms with Crippen LogP contribution in [0.2, 0.25) is 0 Å². The molecule has 0 aromatic rings. The second-order valence-corrected chi connectivity index (χ2v) is 4.86. The van der Waals surface area contributed by atoms with Gasteiger partial charge in [0.1, 0.15) is 0 Å². The summed E-state index contributed by atoms with van der Waals surface area (Å²) in [5.41, 5.74) is 5.18. The molecule has 0 aromatic heterocycles. The summed E-state index contributed by atoms with van der Waals surface area (Å²) in [6.07, 6.45) is 4.41. The molecule has 1 amide bonds. The fourth-order valence-electron chi connectivity index (χ4n) is 2.85. The molecule has 2 saturated heterocycles. The van der Waals surface area contributed by atoms with E-state index in [0.29, 0.717) is 12.5 Å². The van der Waals surface area contributed by atoms with Crippen molar-refractivity contribution >= 4 is 5.91 Å². The highest BCUT2D eigenvalue weighted by atomic mass is 16.1. The number of amides is 1. The first-order valence-corrected chi connectivity index (χ1v) is 5.89. The Morgan fingerprint density at radius 1 is 1.33 bits per heavy atom. The number of primary amides is 1. The number of carbonyl (C=O) groups is 1. The van der Waals surface area contributed by atoms with Crippen LogP contribution in [0.3, 0.4) is 0 Å². The zero-order valence-electron chi connectivity index (χ0n) is 9.48. The molecule has 0 saturated carbocycles. The number of likely N-dealkylation sites (tertiary alicyclic amines) is 1. The molecule has 0 spiro atoms. The molecular formula is C11H21N3O. The summed E-state index contributed by atoms with van der Waals surface area (Å²) in [6.45, 7) is 3.07. The quantitative estimate of drug-likeness (QED) is 0.716. The Bertz CT molecular complexity index is 244. The van der Waals surface area contributed by atoms with Gasteiger partial charge in [0.25, 0.3) is 0 Å². The summed E-state index contributed by atoms with van der Waals surface area (Å²) in [4.78, 5) is 15.6. The molecule has 2 atom stereocenters. The maximum atomic E-state index is 10.7. The number of nitrogens with two attached hydrogens (primary N) is 1. The average Bonchev–Trinajstić information content (AvgIpc) is 2.40. The van der Waals surface area contributed by atoms with Crippen LogP contribution in [0, 0.1) is 0 Å². The lowest BCUT2D eigenvalue weighted by molar-refractivity contribution is -0.118. The Labute approximate surface area is 91.4 Å². The Balaban J connectivity index is 1.86. The van der Waals surface area contributed by atoms with Crippen LogP contribution in [-0.2, 0) is 4.79 Å². The van der Waals surface area contributed by atoms with Crippen LogP contribution in [0.5, 0.6) is 0 Å². The molecule has 2 rings (SSSR count). The molecule has 2 unspecified atom stereocenters. The number of carbonyl (C=O) groups excluding carboxylic acids is 1. The Morgan fingerprint density at radius 3 is 2.80 bits per heavy atom. The third-order valence-corrected chi connectivity index (χ3v) is 3.91. The van der Waals surface area contributed by atoms with Crippen molar-refractivity contribution in [3.8, 4) is 0 Å². The van der Waals surface area contributed by atoms with E-state index < -0.39 is 0 Å². The summed E-state index contributed by atoms with van der Waals surface area (Å²) >= 11 is 0. The van der Waals surface area contributed by atoms with Gasteiger partial charge in [0.2, 0.25) is 5.91 Å². The van der Waals surface area contributed by atoms with Crippen molar-refractivity contribution in [1.82, 2.24) is 9.80 Å². The molecule has 15 heavy (non-hydrogen) atoms. The first-order chi connectivity index (χ1) is 7.16. The number of hydrogen-bond acceptors (Lipinski definition) is 3. The van der Waals surface area contributed by atoms with E-state index in [1.165, 1.54) is 19.3 Å². The smallest absolute Gasteiger partial charge is 0.218 e. The van der Waals surface area contributed by atoms with Gasteiger partial charge < -0.3 is 10.6 Å². The Hall–Kier alpha value is -0.610. The topological polar surface area (TPSA) is 49.6 Å². The van der Waals surface area contributed by atoms with Crippen molar-refractivity contribution in [3.05, 3.63) is 0 Å². The van der Waals surface area contributed by atoms with E-state index in [2.05, 4.69) is 16.8 Å². The third-order valence-electron chi connectivity index (χ3n) is 3.91. The van der Waals surface area contributed by atoms with Gasteiger partial charge in [-0.05, 0) is 32.9 Å². The lowest BCUT2D eigenvalue weighted by atomic mass is 10.1. The van der Waals surface area contributed by atoms with Gasteiger partial charge in [-0.25, -0.2) is 0 Å². The van der Waals surface area contributed by atoms with E-state index in [4.69, 9.17) is 5.73 Å². The molecule has 2 N–H and O–H groups in total. The summed E-state index contributed by atoms with van der Waals surface area (Å²) in [5, 5.41) is 0.